The summed E-state index contributed by atoms with van der Waals surface area (Å²) in [5, 5.41) is 2.38. The summed E-state index contributed by atoms with van der Waals surface area (Å²) in [4.78, 5) is 47.9. The number of nitrogens with zero attached hydrogens (tertiary/aromatic N) is 4. The van der Waals surface area contributed by atoms with Gasteiger partial charge >= 0.3 is 0 Å². The molecule has 3 aromatic rings. The van der Waals surface area contributed by atoms with Gasteiger partial charge in [0, 0.05) is 42.7 Å². The van der Waals surface area contributed by atoms with Gasteiger partial charge in [-0.05, 0) is 31.9 Å². The number of hydrogen-bond acceptors (Lipinski definition) is 7. The Balaban J connectivity index is 1.56. The van der Waals surface area contributed by atoms with Gasteiger partial charge in [0.25, 0.3) is 5.91 Å². The van der Waals surface area contributed by atoms with Crippen LogP contribution in [0, 0.1) is 12.8 Å². The van der Waals surface area contributed by atoms with Crippen LogP contribution in [0.2, 0.25) is 0 Å². The second-order valence-corrected chi connectivity index (χ2v) is 9.17. The lowest BCUT2D eigenvalue weighted by molar-refractivity contribution is -0.120. The minimum absolute atomic E-state index is 0.0232. The summed E-state index contributed by atoms with van der Waals surface area (Å²) >= 11 is 1.34. The molecule has 8 nitrogen and oxygen atoms in total. The van der Waals surface area contributed by atoms with Crippen LogP contribution in [0.4, 0.5) is 0 Å². The van der Waals surface area contributed by atoms with Gasteiger partial charge in [0.05, 0.1) is 6.04 Å². The average Bonchev–Trinajstić information content (AvgIpc) is 3.44. The lowest BCUT2D eigenvalue weighted by Crippen LogP contribution is -2.33. The van der Waals surface area contributed by atoms with E-state index in [1.165, 1.54) is 18.3 Å². The predicted octanol–water partition coefficient (Wildman–Crippen LogP) is 2.81. The summed E-state index contributed by atoms with van der Waals surface area (Å²) < 4.78 is 1.84. The van der Waals surface area contributed by atoms with Gasteiger partial charge in [-0.25, -0.2) is 9.97 Å². The van der Waals surface area contributed by atoms with Crippen LogP contribution in [0.1, 0.15) is 64.3 Å². The molecule has 1 amide bonds. The Morgan fingerprint density at radius 2 is 2.00 bits per heavy atom. The van der Waals surface area contributed by atoms with E-state index in [1.807, 2.05) is 29.7 Å². The minimum Gasteiger partial charge on any atom is -0.326 e. The summed E-state index contributed by atoms with van der Waals surface area (Å²) in [6.45, 7) is 5.60. The maximum Gasteiger partial charge on any atom is 0.274 e. The predicted molar refractivity (Wildman–Crippen MR) is 117 cm³/mol. The first-order valence-electron chi connectivity index (χ1n) is 10.2. The number of Topliss-reactive ketones (excluding diaryl/α,β-unsaturated/α-hetero) is 2. The molecule has 3 aromatic heterocycles. The van der Waals surface area contributed by atoms with Crippen molar-refractivity contribution < 1.29 is 14.4 Å². The zero-order valence-corrected chi connectivity index (χ0v) is 18.6. The van der Waals surface area contributed by atoms with Crippen LogP contribution in [0.3, 0.4) is 0 Å². The Labute approximate surface area is 184 Å². The van der Waals surface area contributed by atoms with Crippen molar-refractivity contribution in [3.8, 4) is 0 Å². The lowest BCUT2D eigenvalue weighted by Gasteiger charge is -2.21. The van der Waals surface area contributed by atoms with Gasteiger partial charge in [0.1, 0.15) is 27.8 Å². The molecule has 4 rings (SSSR count). The van der Waals surface area contributed by atoms with Crippen LogP contribution in [-0.2, 0) is 4.79 Å². The molecule has 1 saturated heterocycles. The van der Waals surface area contributed by atoms with Gasteiger partial charge in [-0.3, -0.25) is 14.4 Å². The average molecular weight is 440 g/mol. The Bertz CT molecular complexity index is 1170. The van der Waals surface area contributed by atoms with E-state index in [0.29, 0.717) is 35.0 Å². The number of pyridine rings is 1. The number of likely N-dealkylation sites (tertiary alicyclic amines) is 1. The second-order valence-electron chi connectivity index (χ2n) is 8.28. The van der Waals surface area contributed by atoms with Crippen molar-refractivity contribution >= 4 is 34.5 Å². The van der Waals surface area contributed by atoms with Crippen LogP contribution in [0.15, 0.2) is 29.9 Å². The third-order valence-electron chi connectivity index (χ3n) is 5.69. The number of ketones is 2. The first-order valence-corrected chi connectivity index (χ1v) is 11.1. The molecule has 162 valence electrons. The number of aryl methyl sites for hydroxylation is 1. The molecule has 1 aliphatic heterocycles. The molecule has 0 aromatic carbocycles. The smallest absolute Gasteiger partial charge is 0.274 e. The molecule has 2 N–H and O–H groups in total. The fourth-order valence-electron chi connectivity index (χ4n) is 3.78. The van der Waals surface area contributed by atoms with Crippen LogP contribution in [0.5, 0.6) is 0 Å². The van der Waals surface area contributed by atoms with Gasteiger partial charge in [-0.15, -0.1) is 11.3 Å². The molecule has 1 aliphatic rings. The highest BCUT2D eigenvalue weighted by molar-refractivity contribution is 7.09. The number of carbonyl (C=O) groups is 3. The van der Waals surface area contributed by atoms with Gasteiger partial charge in [0.2, 0.25) is 0 Å². The molecule has 0 spiro atoms. The number of fused-ring (bicyclic) bond motifs is 1. The van der Waals surface area contributed by atoms with Crippen LogP contribution >= 0.6 is 11.3 Å². The summed E-state index contributed by atoms with van der Waals surface area (Å²) in [6, 6.07) is 3.35. The maximum absolute atomic E-state index is 13.3. The number of aromatic nitrogens is 3. The molecule has 3 atom stereocenters. The minimum atomic E-state index is -0.339. The van der Waals surface area contributed by atoms with E-state index in [-0.39, 0.29) is 41.9 Å². The molecule has 0 radical (unpaired) electrons. The maximum atomic E-state index is 13.3. The normalized spacial score (nSPS) is 19.7. The number of amides is 1. The van der Waals surface area contributed by atoms with E-state index >= 15 is 0 Å². The van der Waals surface area contributed by atoms with Crippen molar-refractivity contribution in [3.05, 3.63) is 51.9 Å². The first-order chi connectivity index (χ1) is 14.7. The van der Waals surface area contributed by atoms with E-state index in [4.69, 9.17) is 5.73 Å². The quantitative estimate of drug-likeness (QED) is 0.591. The van der Waals surface area contributed by atoms with Gasteiger partial charge in [0.15, 0.2) is 5.78 Å². The zero-order valence-electron chi connectivity index (χ0n) is 17.7. The van der Waals surface area contributed by atoms with Crippen molar-refractivity contribution in [2.45, 2.75) is 45.7 Å². The molecule has 1 fully saturated rings. The Morgan fingerprint density at radius 3 is 2.74 bits per heavy atom. The second kappa shape index (κ2) is 8.32. The largest absolute Gasteiger partial charge is 0.326 e. The van der Waals surface area contributed by atoms with Crippen LogP contribution in [0.25, 0.3) is 5.65 Å². The molecule has 0 bridgehead atoms. The van der Waals surface area contributed by atoms with Crippen molar-refractivity contribution in [1.82, 2.24) is 19.3 Å². The highest BCUT2D eigenvalue weighted by Crippen LogP contribution is 2.34. The Kier molecular flexibility index (Phi) is 5.72. The SMILES string of the molecule is CC(=O)C(C)CC(=O)c1csc(C2CC(N)CN2C(=O)c2cn3cc(C)ccc3n2)n1. The molecule has 9 heteroatoms. The third kappa shape index (κ3) is 4.28. The monoisotopic (exact) mass is 439 g/mol. The fraction of sp³-hybridized carbons (Fsp3) is 0.409. The highest BCUT2D eigenvalue weighted by atomic mass is 32.1. The van der Waals surface area contributed by atoms with Gasteiger partial charge in [-0.2, -0.15) is 0 Å². The van der Waals surface area contributed by atoms with E-state index in [9.17, 15) is 14.4 Å². The number of hydrogen-bond donors (Lipinski definition) is 1. The first kappa shape index (κ1) is 21.3. The molecular formula is C22H25N5O3S. The number of carbonyl (C=O) groups excluding carboxylic acids is 3. The van der Waals surface area contributed by atoms with Crippen LogP contribution < -0.4 is 5.73 Å². The van der Waals surface area contributed by atoms with Gasteiger partial charge in [-0.1, -0.05) is 13.0 Å². The zero-order chi connectivity index (χ0) is 22.3. The van der Waals surface area contributed by atoms with Crippen LogP contribution in [-0.4, -0.2) is 49.3 Å². The topological polar surface area (TPSA) is 111 Å². The summed E-state index contributed by atoms with van der Waals surface area (Å²) in [7, 11) is 0. The number of thiazole rings is 1. The van der Waals surface area contributed by atoms with Crippen molar-refractivity contribution in [3.63, 3.8) is 0 Å². The third-order valence-corrected chi connectivity index (χ3v) is 6.64. The highest BCUT2D eigenvalue weighted by Gasteiger charge is 2.38. The standard InChI is InChI=1S/C22H25N5O3S/c1-12-4-5-20-24-16(10-26(20)8-12)22(30)27-9-15(23)7-18(27)21-25-17(11-31-21)19(29)6-13(2)14(3)28/h4-5,8,10-11,13,15,18H,6-7,9,23H2,1-3H3. The summed E-state index contributed by atoms with van der Waals surface area (Å²) in [6.07, 6.45) is 4.35. The summed E-state index contributed by atoms with van der Waals surface area (Å²) in [5.74, 6) is -0.729. The molecular weight excluding hydrogens is 414 g/mol. The fourth-order valence-corrected chi connectivity index (χ4v) is 4.72. The van der Waals surface area contributed by atoms with Crippen molar-refractivity contribution in [2.75, 3.05) is 6.54 Å². The van der Waals surface area contributed by atoms with E-state index in [0.717, 1.165) is 5.56 Å². The van der Waals surface area contributed by atoms with Crippen molar-refractivity contribution in [1.29, 1.82) is 0 Å². The van der Waals surface area contributed by atoms with E-state index in [2.05, 4.69) is 9.97 Å². The number of rotatable bonds is 6. The van der Waals surface area contributed by atoms with E-state index < -0.39 is 0 Å². The number of nitrogens with two attached hydrogens (primary N) is 1. The molecule has 0 aliphatic carbocycles. The van der Waals surface area contributed by atoms with Crippen molar-refractivity contribution in [2.24, 2.45) is 11.7 Å². The Hall–Kier alpha value is -2.91. The summed E-state index contributed by atoms with van der Waals surface area (Å²) in [5.41, 5.74) is 8.65. The molecule has 3 unspecified atom stereocenters. The Morgan fingerprint density at radius 1 is 1.23 bits per heavy atom. The number of imidazole rings is 1. The van der Waals surface area contributed by atoms with E-state index in [1.54, 1.807) is 23.4 Å². The molecule has 0 saturated carbocycles. The molecule has 4 heterocycles. The molecule has 31 heavy (non-hydrogen) atoms. The lowest BCUT2D eigenvalue weighted by atomic mass is 10.00. The van der Waals surface area contributed by atoms with Gasteiger partial charge < -0.3 is 15.0 Å².